The Morgan fingerprint density at radius 2 is 1.62 bits per heavy atom. The van der Waals surface area contributed by atoms with Gasteiger partial charge in [0, 0.05) is 24.2 Å². The number of benzene rings is 2. The number of ether oxygens (including phenoxy) is 1. The first-order valence-electron chi connectivity index (χ1n) is 11.2. The molecular weight excluding hydrogens is 456 g/mol. The molecule has 1 N–H and O–H groups in total. The third-order valence-corrected chi connectivity index (χ3v) is 7.51. The molecule has 1 aliphatic rings. The van der Waals surface area contributed by atoms with Crippen LogP contribution >= 0.6 is 0 Å². The number of nitrogens with one attached hydrogen (secondary N) is 1. The van der Waals surface area contributed by atoms with Crippen molar-refractivity contribution in [3.05, 3.63) is 64.6 Å². The minimum atomic E-state index is -3.68. The Hall–Kier alpha value is -3.08. The number of hydrogen-bond donors (Lipinski definition) is 1. The van der Waals surface area contributed by atoms with E-state index >= 15 is 0 Å². The average molecular weight is 485 g/mol. The van der Waals surface area contributed by atoms with Gasteiger partial charge in [-0.15, -0.1) is 0 Å². The smallest absolute Gasteiger partial charge is 0.276 e. The summed E-state index contributed by atoms with van der Waals surface area (Å²) in [4.78, 5) is 25.9. The Balaban J connectivity index is 1.60. The van der Waals surface area contributed by atoms with Crippen LogP contribution in [-0.4, -0.2) is 53.7 Å². The third-order valence-electron chi connectivity index (χ3n) is 5.67. The molecule has 1 saturated heterocycles. The van der Waals surface area contributed by atoms with Gasteiger partial charge < -0.3 is 10.1 Å². The normalized spacial score (nSPS) is 19.4. The van der Waals surface area contributed by atoms with Crippen LogP contribution < -0.4 is 10.9 Å². The number of amides is 1. The van der Waals surface area contributed by atoms with Crippen LogP contribution in [0.15, 0.2) is 58.2 Å². The van der Waals surface area contributed by atoms with Crippen LogP contribution in [0.4, 0.5) is 5.69 Å². The molecule has 0 saturated carbocycles. The monoisotopic (exact) mass is 484 g/mol. The summed E-state index contributed by atoms with van der Waals surface area (Å²) < 4.78 is 34.4. The Labute approximate surface area is 198 Å². The predicted molar refractivity (Wildman–Crippen MR) is 130 cm³/mol. The van der Waals surface area contributed by atoms with Crippen molar-refractivity contribution in [3.63, 3.8) is 0 Å². The van der Waals surface area contributed by atoms with Crippen molar-refractivity contribution in [2.75, 3.05) is 18.4 Å². The fourth-order valence-corrected chi connectivity index (χ4v) is 5.69. The second-order valence-corrected chi connectivity index (χ2v) is 10.7. The lowest BCUT2D eigenvalue weighted by atomic mass is 10.1. The topological polar surface area (TPSA) is 111 Å². The standard InChI is InChI=1S/C24H28N4O5S/c1-15(2)28-24(30)21-8-6-5-7-20(21)22(26-28)23(29)25-18-9-11-19(12-10-18)34(31,32)27-13-16(3)33-17(4)14-27/h5-12,15-17H,13-14H2,1-4H3,(H,25,29). The Morgan fingerprint density at radius 1 is 1.03 bits per heavy atom. The Bertz CT molecular complexity index is 1370. The van der Waals surface area contributed by atoms with Crippen molar-refractivity contribution in [1.29, 1.82) is 0 Å². The molecule has 2 unspecified atom stereocenters. The zero-order valence-electron chi connectivity index (χ0n) is 19.6. The minimum Gasteiger partial charge on any atom is -0.373 e. The molecule has 1 aromatic heterocycles. The number of aromatic nitrogens is 2. The van der Waals surface area contributed by atoms with Crippen LogP contribution in [-0.2, 0) is 14.8 Å². The molecule has 2 aromatic carbocycles. The second kappa shape index (κ2) is 9.28. The third kappa shape index (κ3) is 4.61. The molecule has 34 heavy (non-hydrogen) atoms. The lowest BCUT2D eigenvalue weighted by molar-refractivity contribution is -0.0440. The molecule has 2 heterocycles. The lowest BCUT2D eigenvalue weighted by Crippen LogP contribution is -2.48. The Kier molecular flexibility index (Phi) is 6.57. The maximum atomic E-state index is 13.1. The molecule has 1 amide bonds. The minimum absolute atomic E-state index is 0.122. The van der Waals surface area contributed by atoms with Crippen LogP contribution in [0.5, 0.6) is 0 Å². The quantitative estimate of drug-likeness (QED) is 0.596. The molecule has 0 bridgehead atoms. The van der Waals surface area contributed by atoms with E-state index in [1.807, 2.05) is 27.7 Å². The number of nitrogens with zero attached hydrogens (tertiary/aromatic N) is 3. The molecule has 1 fully saturated rings. The number of hydrogen-bond acceptors (Lipinski definition) is 6. The van der Waals surface area contributed by atoms with Crippen LogP contribution in [0, 0.1) is 0 Å². The summed E-state index contributed by atoms with van der Waals surface area (Å²) in [6.07, 6.45) is -0.373. The molecule has 10 heteroatoms. The van der Waals surface area contributed by atoms with Gasteiger partial charge in [0.1, 0.15) is 0 Å². The van der Waals surface area contributed by atoms with Crippen molar-refractivity contribution < 1.29 is 17.9 Å². The maximum absolute atomic E-state index is 13.1. The largest absolute Gasteiger partial charge is 0.373 e. The molecule has 2 atom stereocenters. The molecule has 4 rings (SSSR count). The van der Waals surface area contributed by atoms with E-state index in [1.165, 1.54) is 21.1 Å². The fraction of sp³-hybridized carbons (Fsp3) is 0.375. The van der Waals surface area contributed by atoms with Crippen LogP contribution in [0.25, 0.3) is 10.8 Å². The van der Waals surface area contributed by atoms with E-state index in [0.717, 1.165) is 0 Å². The summed E-state index contributed by atoms with van der Waals surface area (Å²) in [5, 5.41) is 7.93. The highest BCUT2D eigenvalue weighted by Crippen LogP contribution is 2.23. The summed E-state index contributed by atoms with van der Waals surface area (Å²) >= 11 is 0. The van der Waals surface area contributed by atoms with Crippen molar-refractivity contribution >= 4 is 32.4 Å². The van der Waals surface area contributed by atoms with E-state index in [-0.39, 0.29) is 47.5 Å². The summed E-state index contributed by atoms with van der Waals surface area (Å²) in [5.74, 6) is -0.489. The number of anilines is 1. The van der Waals surface area contributed by atoms with E-state index in [1.54, 1.807) is 36.4 Å². The maximum Gasteiger partial charge on any atom is 0.276 e. The van der Waals surface area contributed by atoms with E-state index in [0.29, 0.717) is 16.5 Å². The number of carbonyl (C=O) groups is 1. The first-order valence-corrected chi connectivity index (χ1v) is 12.6. The van der Waals surface area contributed by atoms with Gasteiger partial charge in [0.2, 0.25) is 10.0 Å². The van der Waals surface area contributed by atoms with Gasteiger partial charge in [-0.2, -0.15) is 9.40 Å². The predicted octanol–water partition coefficient (Wildman–Crippen LogP) is 3.03. The average Bonchev–Trinajstić information content (AvgIpc) is 2.79. The second-order valence-electron chi connectivity index (χ2n) is 8.80. The molecule has 0 spiro atoms. The van der Waals surface area contributed by atoms with Gasteiger partial charge in [0.15, 0.2) is 5.69 Å². The van der Waals surface area contributed by atoms with Crippen molar-refractivity contribution in [2.45, 2.75) is 50.8 Å². The van der Waals surface area contributed by atoms with E-state index < -0.39 is 15.9 Å². The van der Waals surface area contributed by atoms with Gasteiger partial charge in [-0.05, 0) is 58.0 Å². The van der Waals surface area contributed by atoms with Gasteiger partial charge in [0.05, 0.1) is 28.5 Å². The zero-order chi connectivity index (χ0) is 24.6. The highest BCUT2D eigenvalue weighted by atomic mass is 32.2. The number of sulfonamides is 1. The number of morpholine rings is 1. The summed E-state index contributed by atoms with van der Waals surface area (Å²) in [5.41, 5.74) is 0.279. The molecule has 3 aromatic rings. The van der Waals surface area contributed by atoms with Crippen molar-refractivity contribution in [1.82, 2.24) is 14.1 Å². The molecule has 180 valence electrons. The first-order chi connectivity index (χ1) is 16.1. The van der Waals surface area contributed by atoms with Crippen LogP contribution in [0.1, 0.15) is 44.2 Å². The summed E-state index contributed by atoms with van der Waals surface area (Å²) in [6.45, 7) is 7.90. The first kappa shape index (κ1) is 24.1. The van der Waals surface area contributed by atoms with Gasteiger partial charge in [-0.25, -0.2) is 13.1 Å². The zero-order valence-corrected chi connectivity index (χ0v) is 20.4. The summed E-state index contributed by atoms with van der Waals surface area (Å²) in [6, 6.07) is 12.6. The van der Waals surface area contributed by atoms with Gasteiger partial charge in [0.25, 0.3) is 11.5 Å². The van der Waals surface area contributed by atoms with E-state index in [9.17, 15) is 18.0 Å². The molecular formula is C24H28N4O5S. The highest BCUT2D eigenvalue weighted by molar-refractivity contribution is 7.89. The Morgan fingerprint density at radius 3 is 2.21 bits per heavy atom. The van der Waals surface area contributed by atoms with Crippen LogP contribution in [0.3, 0.4) is 0 Å². The molecule has 0 aliphatic carbocycles. The van der Waals surface area contributed by atoms with Crippen molar-refractivity contribution in [3.8, 4) is 0 Å². The SMILES string of the molecule is CC1CN(S(=O)(=O)c2ccc(NC(=O)c3nn(C(C)C)c(=O)c4ccccc34)cc2)CC(C)O1. The lowest BCUT2D eigenvalue weighted by Gasteiger charge is -2.34. The molecule has 9 nitrogen and oxygen atoms in total. The van der Waals surface area contributed by atoms with Gasteiger partial charge in [-0.1, -0.05) is 18.2 Å². The fourth-order valence-electron chi connectivity index (χ4n) is 4.10. The number of carbonyl (C=O) groups excluding carboxylic acids is 1. The highest BCUT2D eigenvalue weighted by Gasteiger charge is 2.32. The molecule has 0 radical (unpaired) electrons. The number of rotatable bonds is 5. The van der Waals surface area contributed by atoms with Gasteiger partial charge >= 0.3 is 0 Å². The van der Waals surface area contributed by atoms with E-state index in [4.69, 9.17) is 4.74 Å². The van der Waals surface area contributed by atoms with Crippen molar-refractivity contribution in [2.24, 2.45) is 0 Å². The number of fused-ring (bicyclic) bond motifs is 1. The summed E-state index contributed by atoms with van der Waals surface area (Å²) in [7, 11) is -3.68. The van der Waals surface area contributed by atoms with E-state index in [2.05, 4.69) is 10.4 Å². The van der Waals surface area contributed by atoms with Crippen LogP contribution in [0.2, 0.25) is 0 Å². The van der Waals surface area contributed by atoms with Gasteiger partial charge in [-0.3, -0.25) is 9.59 Å². The molecule has 1 aliphatic heterocycles.